The molecule has 0 aliphatic heterocycles. The molecule has 0 saturated heterocycles. The summed E-state index contributed by atoms with van der Waals surface area (Å²) in [6.45, 7) is 4.38. The van der Waals surface area contributed by atoms with Gasteiger partial charge in [0.05, 0.1) is 12.7 Å². The summed E-state index contributed by atoms with van der Waals surface area (Å²) in [5, 5.41) is 17.7. The van der Waals surface area contributed by atoms with Crippen molar-refractivity contribution in [3.05, 3.63) is 0 Å². The first-order valence-electron chi connectivity index (χ1n) is 3.95. The third-order valence-electron chi connectivity index (χ3n) is 1.60. The van der Waals surface area contributed by atoms with Crippen molar-refractivity contribution in [2.75, 3.05) is 32.8 Å². The van der Waals surface area contributed by atoms with E-state index in [2.05, 4.69) is 0 Å². The molecule has 0 fully saturated rings. The van der Waals surface area contributed by atoms with Crippen LogP contribution in [0.2, 0.25) is 0 Å². The summed E-state index contributed by atoms with van der Waals surface area (Å²) in [5.41, 5.74) is 5.23. The van der Waals surface area contributed by atoms with Gasteiger partial charge in [0.15, 0.2) is 0 Å². The molecule has 0 aliphatic rings. The standard InChI is InChI=1S/C7H18N2O2/c1-2-9(3-4-10)6-7(11)5-8/h7,10-11H,2-6,8H2,1H3. The maximum atomic E-state index is 9.14. The molecule has 11 heavy (non-hydrogen) atoms. The van der Waals surface area contributed by atoms with Crippen molar-refractivity contribution in [1.29, 1.82) is 0 Å². The smallest absolute Gasteiger partial charge is 0.0789 e. The molecule has 0 aromatic rings. The van der Waals surface area contributed by atoms with Gasteiger partial charge in [-0.05, 0) is 6.54 Å². The van der Waals surface area contributed by atoms with E-state index in [0.717, 1.165) is 6.54 Å². The van der Waals surface area contributed by atoms with Gasteiger partial charge in [0.25, 0.3) is 0 Å². The molecular formula is C7H18N2O2. The second kappa shape index (κ2) is 6.54. The van der Waals surface area contributed by atoms with E-state index in [4.69, 9.17) is 15.9 Å². The summed E-state index contributed by atoms with van der Waals surface area (Å²) < 4.78 is 0. The molecule has 1 atom stereocenters. The summed E-state index contributed by atoms with van der Waals surface area (Å²) in [5.74, 6) is 0. The third-order valence-corrected chi connectivity index (χ3v) is 1.60. The van der Waals surface area contributed by atoms with Gasteiger partial charge in [0.2, 0.25) is 0 Å². The molecule has 4 N–H and O–H groups in total. The van der Waals surface area contributed by atoms with Gasteiger partial charge in [-0.25, -0.2) is 0 Å². The van der Waals surface area contributed by atoms with Crippen LogP contribution in [0.15, 0.2) is 0 Å². The fraction of sp³-hybridized carbons (Fsp3) is 1.00. The van der Waals surface area contributed by atoms with Crippen molar-refractivity contribution >= 4 is 0 Å². The Hall–Kier alpha value is -0.160. The Morgan fingerprint density at radius 3 is 2.55 bits per heavy atom. The van der Waals surface area contributed by atoms with Gasteiger partial charge >= 0.3 is 0 Å². The lowest BCUT2D eigenvalue weighted by molar-refractivity contribution is 0.108. The topological polar surface area (TPSA) is 69.7 Å². The molecule has 68 valence electrons. The molecule has 0 radical (unpaired) electrons. The summed E-state index contributed by atoms with van der Waals surface area (Å²) in [6.07, 6.45) is -0.471. The van der Waals surface area contributed by atoms with Crippen LogP contribution in [0.25, 0.3) is 0 Å². The van der Waals surface area contributed by atoms with Gasteiger partial charge in [-0.2, -0.15) is 0 Å². The SMILES string of the molecule is CCN(CCO)CC(O)CN. The van der Waals surface area contributed by atoms with Gasteiger partial charge in [0, 0.05) is 19.6 Å². The number of aliphatic hydroxyl groups excluding tert-OH is 2. The zero-order valence-corrected chi connectivity index (χ0v) is 7.03. The van der Waals surface area contributed by atoms with E-state index in [1.165, 1.54) is 0 Å². The van der Waals surface area contributed by atoms with Crippen LogP contribution < -0.4 is 5.73 Å². The van der Waals surface area contributed by atoms with Crippen LogP contribution >= 0.6 is 0 Å². The Kier molecular flexibility index (Phi) is 6.45. The van der Waals surface area contributed by atoms with Crippen molar-refractivity contribution in [3.63, 3.8) is 0 Å². The first-order valence-corrected chi connectivity index (χ1v) is 3.95. The normalized spacial score (nSPS) is 13.9. The maximum absolute atomic E-state index is 9.14. The Balaban J connectivity index is 3.49. The average Bonchev–Trinajstić information content (AvgIpc) is 2.03. The van der Waals surface area contributed by atoms with E-state index < -0.39 is 6.10 Å². The molecule has 0 amide bonds. The average molecular weight is 162 g/mol. The largest absolute Gasteiger partial charge is 0.395 e. The van der Waals surface area contributed by atoms with Crippen LogP contribution in [0.1, 0.15) is 6.92 Å². The highest BCUT2D eigenvalue weighted by Crippen LogP contribution is 1.89. The van der Waals surface area contributed by atoms with Crippen LogP contribution in [0.3, 0.4) is 0 Å². The highest BCUT2D eigenvalue weighted by molar-refractivity contribution is 4.63. The predicted molar refractivity (Wildman–Crippen MR) is 44.3 cm³/mol. The van der Waals surface area contributed by atoms with E-state index in [9.17, 15) is 0 Å². The Labute approximate surface area is 67.6 Å². The molecule has 0 heterocycles. The summed E-state index contributed by atoms with van der Waals surface area (Å²) in [7, 11) is 0. The van der Waals surface area contributed by atoms with Gasteiger partial charge in [-0.1, -0.05) is 6.92 Å². The molecule has 0 aromatic carbocycles. The van der Waals surface area contributed by atoms with Crippen LogP contribution in [0.4, 0.5) is 0 Å². The van der Waals surface area contributed by atoms with Gasteiger partial charge in [0.1, 0.15) is 0 Å². The van der Waals surface area contributed by atoms with Crippen LogP contribution in [0.5, 0.6) is 0 Å². The lowest BCUT2D eigenvalue weighted by Crippen LogP contribution is -2.37. The molecule has 4 heteroatoms. The first kappa shape index (κ1) is 10.8. The molecule has 0 bridgehead atoms. The Bertz CT molecular complexity index is 90.5. The minimum Gasteiger partial charge on any atom is -0.395 e. The molecule has 1 unspecified atom stereocenters. The minimum atomic E-state index is -0.471. The van der Waals surface area contributed by atoms with E-state index >= 15 is 0 Å². The number of hydrogen-bond acceptors (Lipinski definition) is 4. The fourth-order valence-electron chi connectivity index (χ4n) is 0.893. The predicted octanol–water partition coefficient (Wildman–Crippen LogP) is -1.38. The third kappa shape index (κ3) is 5.15. The molecule has 0 spiro atoms. The van der Waals surface area contributed by atoms with Crippen molar-refractivity contribution in [2.45, 2.75) is 13.0 Å². The first-order chi connectivity index (χ1) is 5.24. The van der Waals surface area contributed by atoms with Crippen molar-refractivity contribution in [3.8, 4) is 0 Å². The number of likely N-dealkylation sites (N-methyl/N-ethyl adjacent to an activating group) is 1. The molecule has 0 saturated carbocycles. The van der Waals surface area contributed by atoms with Gasteiger partial charge in [-0.3, -0.25) is 4.90 Å². The van der Waals surface area contributed by atoms with Crippen LogP contribution in [-0.4, -0.2) is 54.0 Å². The van der Waals surface area contributed by atoms with E-state index in [0.29, 0.717) is 13.1 Å². The van der Waals surface area contributed by atoms with Gasteiger partial charge in [-0.15, -0.1) is 0 Å². The number of hydrogen-bond donors (Lipinski definition) is 3. The Morgan fingerprint density at radius 1 is 1.55 bits per heavy atom. The van der Waals surface area contributed by atoms with Crippen molar-refractivity contribution in [1.82, 2.24) is 4.90 Å². The quantitative estimate of drug-likeness (QED) is 0.450. The van der Waals surface area contributed by atoms with E-state index in [-0.39, 0.29) is 13.2 Å². The number of nitrogens with zero attached hydrogens (tertiary/aromatic N) is 1. The van der Waals surface area contributed by atoms with E-state index in [1.54, 1.807) is 0 Å². The lowest BCUT2D eigenvalue weighted by atomic mass is 10.3. The second-order valence-corrected chi connectivity index (χ2v) is 2.51. The van der Waals surface area contributed by atoms with Gasteiger partial charge < -0.3 is 15.9 Å². The number of rotatable bonds is 6. The summed E-state index contributed by atoms with van der Waals surface area (Å²) in [6, 6.07) is 0. The summed E-state index contributed by atoms with van der Waals surface area (Å²) in [4.78, 5) is 1.96. The molecule has 4 nitrogen and oxygen atoms in total. The maximum Gasteiger partial charge on any atom is 0.0789 e. The molecular weight excluding hydrogens is 144 g/mol. The van der Waals surface area contributed by atoms with Crippen molar-refractivity contribution in [2.24, 2.45) is 5.73 Å². The minimum absolute atomic E-state index is 0.130. The highest BCUT2D eigenvalue weighted by Gasteiger charge is 2.06. The molecule has 0 aromatic heterocycles. The zero-order valence-electron chi connectivity index (χ0n) is 7.03. The highest BCUT2D eigenvalue weighted by atomic mass is 16.3. The van der Waals surface area contributed by atoms with Crippen LogP contribution in [-0.2, 0) is 0 Å². The fourth-order valence-corrected chi connectivity index (χ4v) is 0.893. The zero-order chi connectivity index (χ0) is 8.69. The second-order valence-electron chi connectivity index (χ2n) is 2.51. The molecule has 0 rings (SSSR count). The van der Waals surface area contributed by atoms with Crippen LogP contribution in [0, 0.1) is 0 Å². The molecule has 0 aliphatic carbocycles. The number of aliphatic hydroxyl groups is 2. The summed E-state index contributed by atoms with van der Waals surface area (Å²) >= 11 is 0. The monoisotopic (exact) mass is 162 g/mol. The van der Waals surface area contributed by atoms with Crippen molar-refractivity contribution < 1.29 is 10.2 Å². The lowest BCUT2D eigenvalue weighted by Gasteiger charge is -2.21. The van der Waals surface area contributed by atoms with E-state index in [1.807, 2.05) is 11.8 Å². The Morgan fingerprint density at radius 2 is 2.18 bits per heavy atom. The number of nitrogens with two attached hydrogens (primary N) is 1.